The van der Waals surface area contributed by atoms with Gasteiger partial charge in [0.05, 0.1) is 25.3 Å². The van der Waals surface area contributed by atoms with Crippen molar-refractivity contribution >= 4 is 41.6 Å². The van der Waals surface area contributed by atoms with Crippen molar-refractivity contribution in [1.82, 2.24) is 31.5 Å². The van der Waals surface area contributed by atoms with Crippen molar-refractivity contribution in [3.05, 3.63) is 47.7 Å². The number of amides is 6. The zero-order chi connectivity index (χ0) is 42.1. The van der Waals surface area contributed by atoms with Gasteiger partial charge in [-0.3, -0.25) is 28.8 Å². The highest BCUT2D eigenvalue weighted by atomic mass is 16.6. The summed E-state index contributed by atoms with van der Waals surface area (Å²) >= 11 is 0. The summed E-state index contributed by atoms with van der Waals surface area (Å²) in [6, 6.07) is 3.28. The fraction of sp³-hybridized carbons (Fsp3) is 0.634. The largest absolute Gasteiger partial charge is 0.499 e. The SMILES string of the molecule is CCCC1C(=O)NC(C2CCCCCC2)C(=O)NC(CNC(=O)OCc2ccccc2)C(=O)NC(CC(=O)OC(C)(C)C)C(=O)N[C@H](C)CO/C=C(/C)C(=O)N1C. The third-order valence-corrected chi connectivity index (χ3v) is 9.66. The van der Waals surface area contributed by atoms with E-state index in [-0.39, 0.29) is 24.7 Å². The minimum atomic E-state index is -1.49. The van der Waals surface area contributed by atoms with Gasteiger partial charge in [0.1, 0.15) is 43.0 Å². The highest BCUT2D eigenvalue weighted by Gasteiger charge is 2.37. The average Bonchev–Trinajstić information content (AvgIpc) is 3.44. The summed E-state index contributed by atoms with van der Waals surface area (Å²) in [4.78, 5) is 97.0. The first-order chi connectivity index (χ1) is 27.0. The Hall–Kier alpha value is -5.15. The third-order valence-electron chi connectivity index (χ3n) is 9.66. The summed E-state index contributed by atoms with van der Waals surface area (Å²) in [7, 11) is 1.51. The number of nitrogens with one attached hydrogen (secondary N) is 5. The number of alkyl carbamates (subject to hydrolysis) is 1. The molecule has 1 aromatic carbocycles. The van der Waals surface area contributed by atoms with E-state index in [1.807, 2.05) is 13.0 Å². The summed E-state index contributed by atoms with van der Waals surface area (Å²) in [5.74, 6) is -4.40. The average molecular weight is 799 g/mol. The van der Waals surface area contributed by atoms with E-state index in [1.54, 1.807) is 58.9 Å². The number of rotatable bonds is 9. The molecule has 0 aromatic heterocycles. The van der Waals surface area contributed by atoms with Gasteiger partial charge in [-0.15, -0.1) is 0 Å². The van der Waals surface area contributed by atoms with Gasteiger partial charge in [0.25, 0.3) is 5.91 Å². The Bertz CT molecular complexity index is 1570. The van der Waals surface area contributed by atoms with E-state index < -0.39 is 90.4 Å². The minimum absolute atomic E-state index is 0.0589. The van der Waals surface area contributed by atoms with Gasteiger partial charge >= 0.3 is 12.1 Å². The molecular formula is C41H62N6O10. The Balaban J connectivity index is 2.04. The number of likely N-dealkylation sites (N-methyl/N-ethyl adjacent to an activating group) is 1. The highest BCUT2D eigenvalue weighted by molar-refractivity contribution is 5.98. The molecule has 4 unspecified atom stereocenters. The smallest absolute Gasteiger partial charge is 0.407 e. The number of esters is 1. The number of hydrogen-bond acceptors (Lipinski definition) is 10. The topological polar surface area (TPSA) is 211 Å². The number of carbonyl (C=O) groups excluding carboxylic acids is 7. The van der Waals surface area contributed by atoms with Crippen LogP contribution in [0.2, 0.25) is 0 Å². The molecule has 1 heterocycles. The van der Waals surface area contributed by atoms with Crippen LogP contribution in [0.25, 0.3) is 0 Å². The van der Waals surface area contributed by atoms with Crippen LogP contribution in [0.3, 0.4) is 0 Å². The van der Waals surface area contributed by atoms with E-state index in [4.69, 9.17) is 14.2 Å². The number of hydrogen-bond donors (Lipinski definition) is 5. The molecule has 0 spiro atoms. The van der Waals surface area contributed by atoms with Gasteiger partial charge in [-0.2, -0.15) is 0 Å². The molecule has 1 aliphatic heterocycles. The Morgan fingerprint density at radius 3 is 2.14 bits per heavy atom. The molecule has 1 fully saturated rings. The Morgan fingerprint density at radius 1 is 0.877 bits per heavy atom. The second-order valence-corrected chi connectivity index (χ2v) is 15.9. The van der Waals surface area contributed by atoms with Crippen molar-refractivity contribution < 1.29 is 47.8 Å². The van der Waals surface area contributed by atoms with Crippen molar-refractivity contribution in [2.24, 2.45) is 5.92 Å². The predicted octanol–water partition coefficient (Wildman–Crippen LogP) is 3.14. The fourth-order valence-electron chi connectivity index (χ4n) is 6.70. The molecule has 5 atom stereocenters. The van der Waals surface area contributed by atoms with Crippen LogP contribution in [0.4, 0.5) is 4.79 Å². The van der Waals surface area contributed by atoms with Gasteiger partial charge in [0, 0.05) is 12.6 Å². The Labute approximate surface area is 335 Å². The normalized spacial score (nSPS) is 25.0. The van der Waals surface area contributed by atoms with Crippen molar-refractivity contribution in [3.8, 4) is 0 Å². The fourth-order valence-corrected chi connectivity index (χ4v) is 6.70. The maximum absolute atomic E-state index is 14.4. The van der Waals surface area contributed by atoms with Gasteiger partial charge in [-0.1, -0.05) is 69.4 Å². The summed E-state index contributed by atoms with van der Waals surface area (Å²) in [5.41, 5.74) is 0.0352. The van der Waals surface area contributed by atoms with E-state index in [0.29, 0.717) is 25.7 Å². The Kier molecular flexibility index (Phi) is 18.3. The zero-order valence-corrected chi connectivity index (χ0v) is 34.4. The lowest BCUT2D eigenvalue weighted by molar-refractivity contribution is -0.156. The molecule has 1 aliphatic carbocycles. The third kappa shape index (κ3) is 15.7. The number of carbonyl (C=O) groups is 7. The van der Waals surface area contributed by atoms with Gasteiger partial charge in [-0.25, -0.2) is 4.79 Å². The molecule has 0 radical (unpaired) electrons. The van der Waals surface area contributed by atoms with Crippen LogP contribution in [0, 0.1) is 5.92 Å². The van der Waals surface area contributed by atoms with Gasteiger partial charge in [-0.05, 0) is 65.4 Å². The molecule has 3 rings (SSSR count). The van der Waals surface area contributed by atoms with Crippen LogP contribution in [0.1, 0.15) is 105 Å². The molecule has 1 aromatic rings. The van der Waals surface area contributed by atoms with Gasteiger partial charge in [0.15, 0.2) is 0 Å². The van der Waals surface area contributed by atoms with Crippen LogP contribution in [-0.4, -0.2) is 103 Å². The zero-order valence-electron chi connectivity index (χ0n) is 34.4. The lowest BCUT2D eigenvalue weighted by Gasteiger charge is -2.32. The van der Waals surface area contributed by atoms with Crippen molar-refractivity contribution in [2.75, 3.05) is 20.2 Å². The molecular weight excluding hydrogens is 736 g/mol. The number of ether oxygens (including phenoxy) is 3. The van der Waals surface area contributed by atoms with Crippen molar-refractivity contribution in [1.29, 1.82) is 0 Å². The predicted molar refractivity (Wildman–Crippen MR) is 211 cm³/mol. The lowest BCUT2D eigenvalue weighted by atomic mass is 9.90. The summed E-state index contributed by atoms with van der Waals surface area (Å²) in [6.07, 6.45) is 5.51. The lowest BCUT2D eigenvalue weighted by Crippen LogP contribution is -2.62. The first kappa shape index (κ1) is 46.2. The quantitative estimate of drug-likeness (QED) is 0.182. The molecule has 5 N–H and O–H groups in total. The van der Waals surface area contributed by atoms with Crippen LogP contribution >= 0.6 is 0 Å². The molecule has 2 aliphatic rings. The molecule has 316 valence electrons. The van der Waals surface area contributed by atoms with E-state index in [9.17, 15) is 33.6 Å². The van der Waals surface area contributed by atoms with Crippen LogP contribution in [0.5, 0.6) is 0 Å². The summed E-state index contributed by atoms with van der Waals surface area (Å²) < 4.78 is 16.4. The second kappa shape index (κ2) is 22.6. The van der Waals surface area contributed by atoms with Gasteiger partial charge < -0.3 is 45.7 Å². The number of nitrogens with zero attached hydrogens (tertiary/aromatic N) is 1. The Morgan fingerprint density at radius 2 is 1.51 bits per heavy atom. The molecule has 57 heavy (non-hydrogen) atoms. The minimum Gasteiger partial charge on any atom is -0.499 e. The van der Waals surface area contributed by atoms with Gasteiger partial charge in [0.2, 0.25) is 23.6 Å². The van der Waals surface area contributed by atoms with Crippen LogP contribution in [0.15, 0.2) is 42.2 Å². The molecule has 0 bridgehead atoms. The van der Waals surface area contributed by atoms with E-state index in [1.165, 1.54) is 18.2 Å². The summed E-state index contributed by atoms with van der Waals surface area (Å²) in [5, 5.41) is 13.5. The maximum atomic E-state index is 14.4. The molecule has 16 heteroatoms. The molecule has 1 saturated carbocycles. The monoisotopic (exact) mass is 798 g/mol. The maximum Gasteiger partial charge on any atom is 0.407 e. The van der Waals surface area contributed by atoms with Crippen LogP contribution < -0.4 is 26.6 Å². The molecule has 16 nitrogen and oxygen atoms in total. The van der Waals surface area contributed by atoms with E-state index >= 15 is 0 Å². The number of benzene rings is 1. The van der Waals surface area contributed by atoms with Crippen molar-refractivity contribution in [3.63, 3.8) is 0 Å². The first-order valence-electron chi connectivity index (χ1n) is 19.9. The highest BCUT2D eigenvalue weighted by Crippen LogP contribution is 2.26. The summed E-state index contributed by atoms with van der Waals surface area (Å²) in [6.45, 7) is 9.44. The van der Waals surface area contributed by atoms with E-state index in [2.05, 4.69) is 26.6 Å². The standard InChI is InChI=1S/C41H62N6O10/c1-8-16-32-37(51)46-34(29-19-14-9-10-15-20-29)38(52)45-31(22-42-40(54)56-25-28-17-12-11-13-18-28)36(50)44-30(21-33(48)57-41(4,5)6)35(49)43-27(3)24-55-23-26(2)39(53)47(32)7/h11-13,17-18,23,27,29-32,34H,8-10,14-16,19-22,24-25H2,1-7H3,(H,42,54)(H,43,49)(H,44,50)(H,45,52)(H,46,51)/b26-23-/t27-,30?,31?,32?,34?/m1/s1. The molecule has 0 saturated heterocycles. The van der Waals surface area contributed by atoms with Crippen molar-refractivity contribution in [2.45, 2.75) is 142 Å². The molecule has 6 amide bonds. The van der Waals surface area contributed by atoms with Crippen LogP contribution in [-0.2, 0) is 49.6 Å². The second-order valence-electron chi connectivity index (χ2n) is 15.9. The van der Waals surface area contributed by atoms with E-state index in [0.717, 1.165) is 31.2 Å². The first-order valence-corrected chi connectivity index (χ1v) is 19.9.